The van der Waals surface area contributed by atoms with Gasteiger partial charge in [-0.1, -0.05) is 39.1 Å². The number of benzene rings is 2. The average molecular weight is 428 g/mol. The Morgan fingerprint density at radius 3 is 2.47 bits per heavy atom. The van der Waals surface area contributed by atoms with E-state index in [9.17, 15) is 4.39 Å². The summed E-state index contributed by atoms with van der Waals surface area (Å²) in [6, 6.07) is 8.21. The Bertz CT molecular complexity index is 597. The highest BCUT2D eigenvalue weighted by Crippen LogP contribution is 2.32. The molecule has 0 saturated heterocycles. The SMILES string of the molecule is Fc1cc(Cl)c(NCc2cc(Br)ccc2Cl)c(Br)c1. The smallest absolute Gasteiger partial charge is 0.125 e. The number of hydrogen-bond donors (Lipinski definition) is 1. The Morgan fingerprint density at radius 2 is 1.79 bits per heavy atom. The Balaban J connectivity index is 2.21. The number of nitrogens with one attached hydrogen (secondary N) is 1. The van der Waals surface area contributed by atoms with Gasteiger partial charge in [0.1, 0.15) is 5.82 Å². The van der Waals surface area contributed by atoms with E-state index in [4.69, 9.17) is 23.2 Å². The van der Waals surface area contributed by atoms with Crippen LogP contribution in [0.2, 0.25) is 10.0 Å². The molecule has 0 unspecified atom stereocenters. The maximum atomic E-state index is 13.1. The van der Waals surface area contributed by atoms with Gasteiger partial charge in [-0.05, 0) is 51.8 Å². The summed E-state index contributed by atoms with van der Waals surface area (Å²) in [5.41, 5.74) is 1.56. The van der Waals surface area contributed by atoms with Crippen molar-refractivity contribution in [3.05, 3.63) is 60.7 Å². The quantitative estimate of drug-likeness (QED) is 0.608. The fourth-order valence-corrected chi connectivity index (χ4v) is 3.13. The third kappa shape index (κ3) is 3.85. The van der Waals surface area contributed by atoms with E-state index in [0.717, 1.165) is 10.0 Å². The molecular weight excluding hydrogens is 420 g/mol. The number of hydrogen-bond acceptors (Lipinski definition) is 1. The van der Waals surface area contributed by atoms with Gasteiger partial charge in [0.15, 0.2) is 0 Å². The van der Waals surface area contributed by atoms with Crippen molar-refractivity contribution in [2.24, 2.45) is 0 Å². The van der Waals surface area contributed by atoms with Crippen molar-refractivity contribution in [1.82, 2.24) is 0 Å². The topological polar surface area (TPSA) is 12.0 Å². The maximum absolute atomic E-state index is 13.1. The van der Waals surface area contributed by atoms with Crippen molar-refractivity contribution in [1.29, 1.82) is 0 Å². The third-order valence-electron chi connectivity index (χ3n) is 2.47. The van der Waals surface area contributed by atoms with E-state index in [1.807, 2.05) is 18.2 Å². The average Bonchev–Trinajstić information content (AvgIpc) is 2.32. The predicted octanol–water partition coefficient (Wildman–Crippen LogP) is 6.27. The van der Waals surface area contributed by atoms with Gasteiger partial charge in [-0.25, -0.2) is 4.39 Å². The first kappa shape index (κ1) is 15.1. The molecule has 0 atom stereocenters. The summed E-state index contributed by atoms with van der Waals surface area (Å²) in [5, 5.41) is 4.12. The van der Waals surface area contributed by atoms with Gasteiger partial charge in [-0.2, -0.15) is 0 Å². The van der Waals surface area contributed by atoms with Gasteiger partial charge in [0, 0.05) is 20.5 Å². The highest BCUT2D eigenvalue weighted by molar-refractivity contribution is 9.10. The van der Waals surface area contributed by atoms with Crippen LogP contribution in [0.15, 0.2) is 39.3 Å². The molecule has 0 aliphatic rings. The van der Waals surface area contributed by atoms with Gasteiger partial charge in [-0.15, -0.1) is 0 Å². The Morgan fingerprint density at radius 1 is 1.05 bits per heavy atom. The van der Waals surface area contributed by atoms with E-state index in [1.165, 1.54) is 12.1 Å². The molecule has 2 rings (SSSR count). The van der Waals surface area contributed by atoms with Gasteiger partial charge in [0.25, 0.3) is 0 Å². The summed E-state index contributed by atoms with van der Waals surface area (Å²) < 4.78 is 14.6. The summed E-state index contributed by atoms with van der Waals surface area (Å²) in [5.74, 6) is -0.386. The van der Waals surface area contributed by atoms with Gasteiger partial charge in [-0.3, -0.25) is 0 Å². The molecule has 0 spiro atoms. The lowest BCUT2D eigenvalue weighted by atomic mass is 10.2. The number of anilines is 1. The first-order valence-corrected chi connectivity index (χ1v) is 7.64. The summed E-state index contributed by atoms with van der Waals surface area (Å²) in [6.45, 7) is 0.488. The van der Waals surface area contributed by atoms with Crippen LogP contribution in [-0.4, -0.2) is 0 Å². The summed E-state index contributed by atoms with van der Waals surface area (Å²) in [7, 11) is 0. The van der Waals surface area contributed by atoms with Crippen molar-refractivity contribution < 1.29 is 4.39 Å². The minimum Gasteiger partial charge on any atom is -0.379 e. The van der Waals surface area contributed by atoms with Gasteiger partial charge < -0.3 is 5.32 Å². The van der Waals surface area contributed by atoms with Gasteiger partial charge in [0.2, 0.25) is 0 Å². The van der Waals surface area contributed by atoms with Crippen molar-refractivity contribution in [3.8, 4) is 0 Å². The highest BCUT2D eigenvalue weighted by Gasteiger charge is 2.09. The monoisotopic (exact) mass is 425 g/mol. The van der Waals surface area contributed by atoms with Crippen LogP contribution in [0.3, 0.4) is 0 Å². The lowest BCUT2D eigenvalue weighted by Crippen LogP contribution is -2.02. The standard InChI is InChI=1S/C13H8Br2Cl2FN/c14-8-1-2-11(16)7(3-8)6-19-13-10(15)4-9(18)5-12(13)17/h1-5,19H,6H2. The second kappa shape index (κ2) is 6.44. The minimum absolute atomic E-state index is 0.318. The molecule has 2 aromatic carbocycles. The molecule has 100 valence electrons. The van der Waals surface area contributed by atoms with Crippen LogP contribution in [-0.2, 0) is 6.54 Å². The van der Waals surface area contributed by atoms with E-state index < -0.39 is 0 Å². The number of rotatable bonds is 3. The second-order valence-electron chi connectivity index (χ2n) is 3.83. The zero-order chi connectivity index (χ0) is 14.0. The predicted molar refractivity (Wildman–Crippen MR) is 85.6 cm³/mol. The number of halogens is 5. The van der Waals surface area contributed by atoms with Crippen molar-refractivity contribution >= 4 is 60.7 Å². The van der Waals surface area contributed by atoms with Crippen LogP contribution in [0.5, 0.6) is 0 Å². The molecule has 0 aliphatic heterocycles. The van der Waals surface area contributed by atoms with Gasteiger partial charge in [0.05, 0.1) is 10.7 Å². The fourth-order valence-electron chi connectivity index (χ4n) is 1.57. The summed E-state index contributed by atoms with van der Waals surface area (Å²) in [6.07, 6.45) is 0. The van der Waals surface area contributed by atoms with Crippen LogP contribution in [0, 0.1) is 5.82 Å². The van der Waals surface area contributed by atoms with E-state index in [2.05, 4.69) is 37.2 Å². The van der Waals surface area contributed by atoms with E-state index in [0.29, 0.717) is 26.8 Å². The Labute approximate surface area is 137 Å². The van der Waals surface area contributed by atoms with Crippen molar-refractivity contribution in [2.45, 2.75) is 6.54 Å². The molecule has 0 radical (unpaired) electrons. The lowest BCUT2D eigenvalue weighted by Gasteiger charge is -2.12. The molecule has 6 heteroatoms. The van der Waals surface area contributed by atoms with Crippen molar-refractivity contribution in [2.75, 3.05) is 5.32 Å². The molecule has 0 aliphatic carbocycles. The summed E-state index contributed by atoms with van der Waals surface area (Å²) >= 11 is 18.8. The van der Waals surface area contributed by atoms with Crippen LogP contribution >= 0.6 is 55.1 Å². The molecule has 1 N–H and O–H groups in total. The molecule has 2 aromatic rings. The molecule has 0 heterocycles. The van der Waals surface area contributed by atoms with Gasteiger partial charge >= 0.3 is 0 Å². The molecule has 0 saturated carbocycles. The molecule has 19 heavy (non-hydrogen) atoms. The van der Waals surface area contributed by atoms with Crippen molar-refractivity contribution in [3.63, 3.8) is 0 Å². The van der Waals surface area contributed by atoms with E-state index in [-0.39, 0.29) is 5.82 Å². The van der Waals surface area contributed by atoms with Crippen LogP contribution < -0.4 is 5.32 Å². The first-order chi connectivity index (χ1) is 8.97. The molecule has 0 amide bonds. The molecule has 0 aromatic heterocycles. The highest BCUT2D eigenvalue weighted by atomic mass is 79.9. The molecular formula is C13H8Br2Cl2FN. The third-order valence-corrected chi connectivity index (χ3v) is 4.26. The summed E-state index contributed by atoms with van der Waals surface area (Å²) in [4.78, 5) is 0. The Hall–Kier alpha value is -0.290. The zero-order valence-corrected chi connectivity index (χ0v) is 14.2. The maximum Gasteiger partial charge on any atom is 0.125 e. The normalized spacial score (nSPS) is 10.6. The Kier molecular flexibility index (Phi) is 5.12. The zero-order valence-electron chi connectivity index (χ0n) is 9.48. The first-order valence-electron chi connectivity index (χ1n) is 5.29. The second-order valence-corrected chi connectivity index (χ2v) is 6.42. The van der Waals surface area contributed by atoms with Crippen LogP contribution in [0.1, 0.15) is 5.56 Å². The van der Waals surface area contributed by atoms with Crippen LogP contribution in [0.25, 0.3) is 0 Å². The molecule has 0 fully saturated rings. The minimum atomic E-state index is -0.386. The van der Waals surface area contributed by atoms with E-state index in [1.54, 1.807) is 0 Å². The lowest BCUT2D eigenvalue weighted by molar-refractivity contribution is 0.627. The largest absolute Gasteiger partial charge is 0.379 e. The van der Waals surface area contributed by atoms with E-state index >= 15 is 0 Å². The van der Waals surface area contributed by atoms with Crippen LogP contribution in [0.4, 0.5) is 10.1 Å². The molecule has 1 nitrogen and oxygen atoms in total. The molecule has 0 bridgehead atoms. The fraction of sp³-hybridized carbons (Fsp3) is 0.0769.